The Morgan fingerprint density at radius 3 is 2.29 bits per heavy atom. The number of para-hydroxylation sites is 1. The summed E-state index contributed by atoms with van der Waals surface area (Å²) in [5.41, 5.74) is 2.48. The van der Waals surface area contributed by atoms with Gasteiger partial charge in [0.05, 0.1) is 13.2 Å². The molecule has 1 atom stereocenters. The van der Waals surface area contributed by atoms with Crippen LogP contribution in [0.3, 0.4) is 0 Å². The third kappa shape index (κ3) is 4.64. The van der Waals surface area contributed by atoms with E-state index in [1.807, 2.05) is 29.2 Å². The number of halogens is 3. The first-order valence-electron chi connectivity index (χ1n) is 8.81. The minimum absolute atomic E-state index is 0.118. The van der Waals surface area contributed by atoms with E-state index in [0.717, 1.165) is 11.1 Å². The first-order valence-corrected chi connectivity index (χ1v) is 8.81. The first-order chi connectivity index (χ1) is 13.4. The van der Waals surface area contributed by atoms with Crippen molar-refractivity contribution in [1.82, 2.24) is 10.2 Å². The van der Waals surface area contributed by atoms with E-state index in [0.29, 0.717) is 18.8 Å². The number of ether oxygens (including phenoxy) is 1. The van der Waals surface area contributed by atoms with Gasteiger partial charge in [0.1, 0.15) is 11.9 Å². The topological polar surface area (TPSA) is 65.0 Å². The van der Waals surface area contributed by atoms with Gasteiger partial charge < -0.3 is 20.3 Å². The van der Waals surface area contributed by atoms with Gasteiger partial charge in [-0.1, -0.05) is 36.4 Å². The molecular weight excluding hydrogens is 373 g/mol. The van der Waals surface area contributed by atoms with Gasteiger partial charge in [-0.25, -0.2) is 0 Å². The van der Waals surface area contributed by atoms with Crippen molar-refractivity contribution in [2.75, 3.05) is 26.3 Å². The molecule has 150 valence electrons. The van der Waals surface area contributed by atoms with Crippen LogP contribution in [0.1, 0.15) is 22.9 Å². The Balaban J connectivity index is 2.03. The van der Waals surface area contributed by atoms with Crippen LogP contribution in [0.2, 0.25) is 0 Å². The molecule has 0 bridgehead atoms. The molecule has 28 heavy (non-hydrogen) atoms. The van der Waals surface area contributed by atoms with Crippen LogP contribution in [0, 0.1) is 0 Å². The lowest BCUT2D eigenvalue weighted by atomic mass is 9.96. The Bertz CT molecular complexity index is 833. The van der Waals surface area contributed by atoms with Crippen molar-refractivity contribution in [3.8, 4) is 5.75 Å². The number of nitrogens with zero attached hydrogens (tertiary/aromatic N) is 1. The third-order valence-electron chi connectivity index (χ3n) is 4.43. The molecule has 0 fully saturated rings. The smallest absolute Gasteiger partial charge is 0.405 e. The zero-order chi connectivity index (χ0) is 20.1. The molecule has 0 saturated heterocycles. The van der Waals surface area contributed by atoms with E-state index in [1.165, 1.54) is 12.1 Å². The maximum atomic E-state index is 12.8. The normalized spacial score (nSPS) is 16.4. The monoisotopic (exact) mass is 394 g/mol. The van der Waals surface area contributed by atoms with Crippen molar-refractivity contribution in [2.24, 2.45) is 0 Å². The van der Waals surface area contributed by atoms with Gasteiger partial charge in [-0.3, -0.25) is 4.90 Å². The molecule has 3 rings (SSSR count). The summed E-state index contributed by atoms with van der Waals surface area (Å²) in [6.45, 7) is 0.349. The number of hydrogen-bond acceptors (Lipinski definition) is 5. The summed E-state index contributed by atoms with van der Waals surface area (Å²) in [6.07, 6.45) is -3.46. The summed E-state index contributed by atoms with van der Waals surface area (Å²) in [7, 11) is 0. The van der Waals surface area contributed by atoms with Crippen molar-refractivity contribution in [2.45, 2.75) is 12.5 Å². The van der Waals surface area contributed by atoms with E-state index in [1.54, 1.807) is 18.2 Å². The minimum atomic E-state index is -4.80. The number of aliphatic hydroxyl groups is 2. The van der Waals surface area contributed by atoms with Crippen LogP contribution < -0.4 is 10.1 Å². The molecule has 1 heterocycles. The number of hydrogen-bond donors (Lipinski definition) is 3. The van der Waals surface area contributed by atoms with E-state index in [9.17, 15) is 23.4 Å². The summed E-state index contributed by atoms with van der Waals surface area (Å²) < 4.78 is 42.6. The molecule has 5 nitrogen and oxygen atoms in total. The predicted octanol–water partition coefficient (Wildman–Crippen LogP) is 2.97. The fourth-order valence-electron chi connectivity index (χ4n) is 3.29. The molecule has 0 radical (unpaired) electrons. The van der Waals surface area contributed by atoms with Crippen LogP contribution >= 0.6 is 0 Å². The van der Waals surface area contributed by atoms with E-state index in [2.05, 4.69) is 10.1 Å². The van der Waals surface area contributed by atoms with Crippen LogP contribution in [-0.4, -0.2) is 47.8 Å². The molecular formula is C20H21F3N2O3. The fraction of sp³-hybridized carbons (Fsp3) is 0.300. The number of rotatable bonds is 7. The summed E-state index contributed by atoms with van der Waals surface area (Å²) in [5, 5.41) is 22.0. The summed E-state index contributed by atoms with van der Waals surface area (Å²) in [5.74, 6) is -0.303. The fourth-order valence-corrected chi connectivity index (χ4v) is 3.29. The highest BCUT2D eigenvalue weighted by Crippen LogP contribution is 2.36. The molecule has 2 aromatic carbocycles. The molecule has 0 aliphatic carbocycles. The van der Waals surface area contributed by atoms with Crippen LogP contribution in [0.5, 0.6) is 5.75 Å². The van der Waals surface area contributed by atoms with Gasteiger partial charge in [-0.15, -0.1) is 13.2 Å². The highest BCUT2D eigenvalue weighted by molar-refractivity contribution is 5.85. The standard InChI is InChI=1S/C20H21F3N2O3/c21-20(22,23)28-18-8-4-3-7-16(18)17-13-14-5-1-2-6-15(14)19(24-17)25(9-11-26)10-12-27/h1-8,13,19,24,26-27H,9-12H2. The van der Waals surface area contributed by atoms with E-state index >= 15 is 0 Å². The lowest BCUT2D eigenvalue weighted by Crippen LogP contribution is -2.42. The molecule has 2 aromatic rings. The average molecular weight is 394 g/mol. The molecule has 1 unspecified atom stereocenters. The molecule has 3 N–H and O–H groups in total. The zero-order valence-electron chi connectivity index (χ0n) is 15.0. The second-order valence-electron chi connectivity index (χ2n) is 6.26. The molecule has 0 aromatic heterocycles. The Hall–Kier alpha value is -2.55. The highest BCUT2D eigenvalue weighted by Gasteiger charge is 2.33. The van der Waals surface area contributed by atoms with Crippen LogP contribution in [0.25, 0.3) is 11.8 Å². The summed E-state index contributed by atoms with van der Waals surface area (Å²) in [6, 6.07) is 13.4. The van der Waals surface area contributed by atoms with Gasteiger partial charge >= 0.3 is 6.36 Å². The van der Waals surface area contributed by atoms with Gasteiger partial charge in [-0.2, -0.15) is 0 Å². The van der Waals surface area contributed by atoms with Gasteiger partial charge in [0.25, 0.3) is 0 Å². The number of aliphatic hydroxyl groups excluding tert-OH is 2. The van der Waals surface area contributed by atoms with Gasteiger partial charge in [0.2, 0.25) is 0 Å². The summed E-state index contributed by atoms with van der Waals surface area (Å²) in [4.78, 5) is 1.83. The predicted molar refractivity (Wildman–Crippen MR) is 99.1 cm³/mol. The Morgan fingerprint density at radius 1 is 0.964 bits per heavy atom. The van der Waals surface area contributed by atoms with E-state index in [-0.39, 0.29) is 24.5 Å². The Kier molecular flexibility index (Phi) is 6.23. The second-order valence-corrected chi connectivity index (χ2v) is 6.26. The van der Waals surface area contributed by atoms with E-state index < -0.39 is 12.5 Å². The number of benzene rings is 2. The lowest BCUT2D eigenvalue weighted by Gasteiger charge is -2.37. The second kappa shape index (κ2) is 8.64. The lowest BCUT2D eigenvalue weighted by molar-refractivity contribution is -0.274. The van der Waals surface area contributed by atoms with Crippen molar-refractivity contribution < 1.29 is 28.1 Å². The van der Waals surface area contributed by atoms with Crippen molar-refractivity contribution in [3.63, 3.8) is 0 Å². The molecule has 1 aliphatic rings. The quantitative estimate of drug-likeness (QED) is 0.674. The van der Waals surface area contributed by atoms with E-state index in [4.69, 9.17) is 0 Å². The Labute approximate surface area is 160 Å². The largest absolute Gasteiger partial charge is 0.573 e. The molecule has 1 aliphatic heterocycles. The van der Waals surface area contributed by atoms with Crippen LogP contribution in [0.15, 0.2) is 48.5 Å². The minimum Gasteiger partial charge on any atom is -0.405 e. The maximum Gasteiger partial charge on any atom is 0.573 e. The SMILES string of the molecule is OCCN(CCO)C1NC(c2ccccc2OC(F)(F)F)=Cc2ccccc21. The molecule has 0 amide bonds. The number of alkyl halides is 3. The molecule has 8 heteroatoms. The summed E-state index contributed by atoms with van der Waals surface area (Å²) >= 11 is 0. The average Bonchev–Trinajstić information content (AvgIpc) is 2.66. The van der Waals surface area contributed by atoms with Gasteiger partial charge in [0, 0.05) is 24.4 Å². The van der Waals surface area contributed by atoms with Crippen LogP contribution in [-0.2, 0) is 0 Å². The third-order valence-corrected chi connectivity index (χ3v) is 4.43. The van der Waals surface area contributed by atoms with Gasteiger partial charge in [0.15, 0.2) is 0 Å². The highest BCUT2D eigenvalue weighted by atomic mass is 19.4. The number of fused-ring (bicyclic) bond motifs is 1. The van der Waals surface area contributed by atoms with Crippen molar-refractivity contribution in [1.29, 1.82) is 0 Å². The number of nitrogens with one attached hydrogen (secondary N) is 1. The maximum absolute atomic E-state index is 12.8. The van der Waals surface area contributed by atoms with Crippen LogP contribution in [0.4, 0.5) is 13.2 Å². The Morgan fingerprint density at radius 2 is 1.61 bits per heavy atom. The van der Waals surface area contributed by atoms with Gasteiger partial charge in [-0.05, 0) is 29.3 Å². The van der Waals surface area contributed by atoms with Crippen molar-refractivity contribution >= 4 is 11.8 Å². The van der Waals surface area contributed by atoms with Crippen molar-refractivity contribution in [3.05, 3.63) is 65.2 Å². The molecule has 0 spiro atoms. The zero-order valence-corrected chi connectivity index (χ0v) is 15.0. The first kappa shape index (κ1) is 20.2. The molecule has 0 saturated carbocycles.